The molecule has 0 aromatic carbocycles. The molecular weight excluding hydrogens is 232 g/mol. The summed E-state index contributed by atoms with van der Waals surface area (Å²) in [4.78, 5) is 8.36. The van der Waals surface area contributed by atoms with Crippen LogP contribution in [0.4, 0.5) is 0 Å². The summed E-state index contributed by atoms with van der Waals surface area (Å²) in [7, 11) is 1.70. The molecule has 2 aliphatic heterocycles. The Morgan fingerprint density at radius 3 is 3.12 bits per heavy atom. The van der Waals surface area contributed by atoms with Crippen molar-refractivity contribution < 1.29 is 4.74 Å². The maximum atomic E-state index is 5.14. The van der Waals surface area contributed by atoms with E-state index in [4.69, 9.17) is 4.74 Å². The quantitative estimate of drug-likeness (QED) is 0.750. The van der Waals surface area contributed by atoms with Gasteiger partial charge in [0.2, 0.25) is 0 Å². The normalized spacial score (nSPS) is 23.4. The fourth-order valence-electron chi connectivity index (χ4n) is 2.48. The van der Waals surface area contributed by atoms with Gasteiger partial charge >= 0.3 is 0 Å². The largest absolute Gasteiger partial charge is 0.378 e. The Balaban J connectivity index is 1.91. The molecule has 0 atom stereocenters. The molecule has 17 heavy (non-hydrogen) atoms. The van der Waals surface area contributed by atoms with Gasteiger partial charge in [0, 0.05) is 23.4 Å². The number of hydrogen-bond acceptors (Lipinski definition) is 4. The van der Waals surface area contributed by atoms with Crippen LogP contribution in [-0.2, 0) is 4.74 Å². The zero-order chi connectivity index (χ0) is 11.8. The Morgan fingerprint density at radius 1 is 1.47 bits per heavy atom. The number of methoxy groups -OCH3 is 1. The molecule has 0 unspecified atom stereocenters. The molecule has 0 amide bonds. The molecule has 90 valence electrons. The van der Waals surface area contributed by atoms with Crippen LogP contribution in [0.25, 0.3) is 0 Å². The number of nitrogens with zero attached hydrogens (tertiary/aromatic N) is 2. The van der Waals surface area contributed by atoms with E-state index < -0.39 is 0 Å². The molecule has 3 nitrogen and oxygen atoms in total. The minimum absolute atomic E-state index is 0.557. The van der Waals surface area contributed by atoms with Gasteiger partial charge in [-0.05, 0) is 31.8 Å². The predicted octanol–water partition coefficient (Wildman–Crippen LogP) is 3.23. The molecule has 2 heterocycles. The van der Waals surface area contributed by atoms with Gasteiger partial charge in [0.05, 0.1) is 12.3 Å². The molecule has 4 heteroatoms. The van der Waals surface area contributed by atoms with Gasteiger partial charge in [-0.15, -0.1) is 0 Å². The molecule has 0 fully saturated rings. The molecule has 0 spiro atoms. The molecule has 3 rings (SSSR count). The second-order valence-corrected chi connectivity index (χ2v) is 5.53. The SMILES string of the molecule is C=C1C=C(COC)N=C2SC3=C(CCCC3)N12. The first-order valence-electron chi connectivity index (χ1n) is 5.96. The number of allylic oxidation sites excluding steroid dienone is 3. The lowest BCUT2D eigenvalue weighted by atomic mass is 10.0. The molecule has 0 radical (unpaired) electrons. The van der Waals surface area contributed by atoms with Gasteiger partial charge in [0.15, 0.2) is 5.17 Å². The Kier molecular flexibility index (Phi) is 2.84. The highest BCUT2D eigenvalue weighted by Gasteiger charge is 2.33. The van der Waals surface area contributed by atoms with E-state index in [-0.39, 0.29) is 0 Å². The maximum absolute atomic E-state index is 5.14. The fourth-order valence-corrected chi connectivity index (χ4v) is 3.74. The molecule has 3 aliphatic rings. The summed E-state index contributed by atoms with van der Waals surface area (Å²) in [6, 6.07) is 0. The van der Waals surface area contributed by atoms with E-state index in [1.807, 2.05) is 17.8 Å². The third-order valence-electron chi connectivity index (χ3n) is 3.22. The van der Waals surface area contributed by atoms with Crippen LogP contribution in [0.15, 0.2) is 39.6 Å². The zero-order valence-corrected chi connectivity index (χ0v) is 10.8. The molecule has 0 N–H and O–H groups in total. The van der Waals surface area contributed by atoms with Crippen molar-refractivity contribution in [3.63, 3.8) is 0 Å². The number of amidine groups is 1. The first-order chi connectivity index (χ1) is 8.29. The van der Waals surface area contributed by atoms with Crippen molar-refractivity contribution in [1.29, 1.82) is 0 Å². The number of rotatable bonds is 2. The molecule has 0 bridgehead atoms. The van der Waals surface area contributed by atoms with Crippen LogP contribution in [-0.4, -0.2) is 23.8 Å². The van der Waals surface area contributed by atoms with E-state index in [2.05, 4.69) is 16.5 Å². The number of aliphatic imine (C=N–C) groups is 1. The summed E-state index contributed by atoms with van der Waals surface area (Å²) < 4.78 is 5.14. The van der Waals surface area contributed by atoms with Crippen LogP contribution in [0, 0.1) is 0 Å². The summed E-state index contributed by atoms with van der Waals surface area (Å²) >= 11 is 1.81. The average Bonchev–Trinajstić information content (AvgIpc) is 2.67. The van der Waals surface area contributed by atoms with Gasteiger partial charge in [-0.1, -0.05) is 18.3 Å². The Bertz CT molecular complexity index is 462. The molecule has 1 aliphatic carbocycles. The fraction of sp³-hybridized carbons (Fsp3) is 0.462. The topological polar surface area (TPSA) is 24.8 Å². The number of ether oxygens (including phenoxy) is 1. The van der Waals surface area contributed by atoms with Gasteiger partial charge in [-0.3, -0.25) is 4.90 Å². The summed E-state index contributed by atoms with van der Waals surface area (Å²) in [5.41, 5.74) is 3.43. The molecule has 0 aromatic heterocycles. The molecular formula is C13H16N2OS. The van der Waals surface area contributed by atoms with Crippen LogP contribution in [0.1, 0.15) is 25.7 Å². The third-order valence-corrected chi connectivity index (χ3v) is 4.36. The van der Waals surface area contributed by atoms with Crippen LogP contribution in [0.2, 0.25) is 0 Å². The van der Waals surface area contributed by atoms with Gasteiger partial charge in [0.25, 0.3) is 0 Å². The zero-order valence-electron chi connectivity index (χ0n) is 10.0. The molecule has 0 saturated carbocycles. The highest BCUT2D eigenvalue weighted by atomic mass is 32.2. The Labute approximate surface area is 106 Å². The van der Waals surface area contributed by atoms with E-state index in [0.29, 0.717) is 6.61 Å². The standard InChI is InChI=1S/C13H16N2OS/c1-9-7-10(8-16-2)14-13-15(9)11-5-3-4-6-12(11)17-13/h7H,1,3-6,8H2,2H3. The lowest BCUT2D eigenvalue weighted by Crippen LogP contribution is -2.26. The summed E-state index contributed by atoms with van der Waals surface area (Å²) in [5, 5.41) is 1.07. The van der Waals surface area contributed by atoms with E-state index in [1.165, 1.54) is 29.9 Å². The summed E-state index contributed by atoms with van der Waals surface area (Å²) in [6.07, 6.45) is 6.97. The van der Waals surface area contributed by atoms with E-state index in [0.717, 1.165) is 23.0 Å². The molecule has 0 saturated heterocycles. The predicted molar refractivity (Wildman–Crippen MR) is 71.5 cm³/mol. The minimum atomic E-state index is 0.557. The lowest BCUT2D eigenvalue weighted by Gasteiger charge is -2.27. The highest BCUT2D eigenvalue weighted by Crippen LogP contribution is 2.45. The van der Waals surface area contributed by atoms with Gasteiger partial charge in [-0.2, -0.15) is 0 Å². The Morgan fingerprint density at radius 2 is 2.29 bits per heavy atom. The molecule has 0 aromatic rings. The lowest BCUT2D eigenvalue weighted by molar-refractivity contribution is 0.224. The van der Waals surface area contributed by atoms with Crippen LogP contribution in [0.5, 0.6) is 0 Å². The van der Waals surface area contributed by atoms with Crippen molar-refractivity contribution >= 4 is 16.9 Å². The third kappa shape index (κ3) is 1.85. The first kappa shape index (κ1) is 11.1. The summed E-state index contributed by atoms with van der Waals surface area (Å²) in [5.74, 6) is 0. The van der Waals surface area contributed by atoms with Gasteiger partial charge in [0.1, 0.15) is 0 Å². The second kappa shape index (κ2) is 4.35. The Hall–Kier alpha value is -1.00. The average molecular weight is 248 g/mol. The van der Waals surface area contributed by atoms with Crippen molar-refractivity contribution in [3.05, 3.63) is 34.7 Å². The van der Waals surface area contributed by atoms with Crippen LogP contribution < -0.4 is 0 Å². The van der Waals surface area contributed by atoms with Gasteiger partial charge < -0.3 is 4.74 Å². The first-order valence-corrected chi connectivity index (χ1v) is 6.78. The smallest absolute Gasteiger partial charge is 0.177 e. The number of thioether (sulfide) groups is 1. The van der Waals surface area contributed by atoms with E-state index in [9.17, 15) is 0 Å². The van der Waals surface area contributed by atoms with E-state index >= 15 is 0 Å². The van der Waals surface area contributed by atoms with Crippen molar-refractivity contribution in [1.82, 2.24) is 4.90 Å². The summed E-state index contributed by atoms with van der Waals surface area (Å²) in [6.45, 7) is 4.70. The van der Waals surface area contributed by atoms with Gasteiger partial charge in [-0.25, -0.2) is 4.99 Å². The minimum Gasteiger partial charge on any atom is -0.378 e. The second-order valence-electron chi connectivity index (χ2n) is 4.47. The van der Waals surface area contributed by atoms with Crippen LogP contribution >= 0.6 is 11.8 Å². The monoisotopic (exact) mass is 248 g/mol. The van der Waals surface area contributed by atoms with Crippen molar-refractivity contribution in [2.45, 2.75) is 25.7 Å². The van der Waals surface area contributed by atoms with Crippen LogP contribution in [0.3, 0.4) is 0 Å². The maximum Gasteiger partial charge on any atom is 0.177 e. The van der Waals surface area contributed by atoms with Crippen molar-refractivity contribution in [2.24, 2.45) is 4.99 Å². The number of hydrogen-bond donors (Lipinski definition) is 0. The number of fused-ring (bicyclic) bond motifs is 2. The van der Waals surface area contributed by atoms with Crippen molar-refractivity contribution in [2.75, 3.05) is 13.7 Å². The van der Waals surface area contributed by atoms with E-state index in [1.54, 1.807) is 7.11 Å². The highest BCUT2D eigenvalue weighted by molar-refractivity contribution is 8.17. The van der Waals surface area contributed by atoms with Crippen molar-refractivity contribution in [3.8, 4) is 0 Å².